The van der Waals surface area contributed by atoms with E-state index in [1.165, 1.54) is 11.8 Å². The van der Waals surface area contributed by atoms with E-state index < -0.39 is 30.0 Å². The summed E-state index contributed by atoms with van der Waals surface area (Å²) in [6, 6.07) is 29.7. The zero-order valence-electron chi connectivity index (χ0n) is 17.5. The van der Waals surface area contributed by atoms with Gasteiger partial charge < -0.3 is 24.1 Å². The molecule has 2 aliphatic heterocycles. The molecule has 0 unspecified atom stereocenters. The van der Waals surface area contributed by atoms with E-state index in [0.29, 0.717) is 13.2 Å². The Balaban J connectivity index is 1.36. The minimum Gasteiger partial charge on any atom is -0.387 e. The average molecular weight is 451 g/mol. The smallest absolute Gasteiger partial charge is 0.184 e. The van der Waals surface area contributed by atoms with Crippen LogP contribution in [0.4, 0.5) is 0 Å². The van der Waals surface area contributed by atoms with E-state index in [9.17, 15) is 5.11 Å². The summed E-state index contributed by atoms with van der Waals surface area (Å²) in [7, 11) is 0. The molecule has 166 valence electrons. The van der Waals surface area contributed by atoms with Gasteiger partial charge in [-0.15, -0.1) is 0 Å². The Hall–Kier alpha value is -2.19. The minimum absolute atomic E-state index is 0.333. The fraction of sp³-hybridized carbons (Fsp3) is 0.308. The van der Waals surface area contributed by atoms with E-state index in [0.717, 1.165) is 16.0 Å². The summed E-state index contributed by atoms with van der Waals surface area (Å²) in [5.74, 6) is 0. The Morgan fingerprint density at radius 2 is 1.50 bits per heavy atom. The molecular formula is C26H26O5S. The summed E-state index contributed by atoms with van der Waals surface area (Å²) in [5.41, 5.74) is 1.49. The standard InChI is InChI=1S/C26H26O5S/c27-22-24(28-16-18-10-4-1-5-11-18)23-21(30-26(22)32-20-14-8-3-9-15-20)17-29-25(31-23)19-12-6-2-7-13-19/h1-15,21-27H,16-17H2/t21-,22+,23-,24-,25-,26-/m1/s1. The maximum Gasteiger partial charge on any atom is 0.184 e. The van der Waals surface area contributed by atoms with Crippen molar-refractivity contribution in [3.05, 3.63) is 102 Å². The van der Waals surface area contributed by atoms with Gasteiger partial charge >= 0.3 is 0 Å². The van der Waals surface area contributed by atoms with Gasteiger partial charge in [-0.3, -0.25) is 0 Å². The molecule has 5 nitrogen and oxygen atoms in total. The second kappa shape index (κ2) is 10.2. The van der Waals surface area contributed by atoms with E-state index in [-0.39, 0.29) is 6.10 Å². The van der Waals surface area contributed by atoms with Gasteiger partial charge in [0.15, 0.2) is 6.29 Å². The molecule has 0 bridgehead atoms. The molecule has 3 aromatic carbocycles. The van der Waals surface area contributed by atoms with E-state index in [4.69, 9.17) is 18.9 Å². The van der Waals surface area contributed by atoms with Crippen molar-refractivity contribution in [3.8, 4) is 0 Å². The predicted octanol–water partition coefficient (Wildman–Crippen LogP) is 4.56. The van der Waals surface area contributed by atoms with Gasteiger partial charge in [-0.25, -0.2) is 0 Å². The molecule has 0 spiro atoms. The fourth-order valence-electron chi connectivity index (χ4n) is 4.03. The van der Waals surface area contributed by atoms with Gasteiger partial charge in [-0.05, 0) is 17.7 Å². The highest BCUT2D eigenvalue weighted by Crippen LogP contribution is 2.40. The number of hydrogen-bond acceptors (Lipinski definition) is 6. The highest BCUT2D eigenvalue weighted by atomic mass is 32.2. The van der Waals surface area contributed by atoms with Crippen molar-refractivity contribution in [3.63, 3.8) is 0 Å². The number of ether oxygens (including phenoxy) is 4. The summed E-state index contributed by atoms with van der Waals surface area (Å²) in [5, 5.41) is 11.3. The normalized spacial score (nSPS) is 29.9. The molecule has 3 aromatic rings. The van der Waals surface area contributed by atoms with Crippen molar-refractivity contribution >= 4 is 11.8 Å². The van der Waals surface area contributed by atoms with Crippen LogP contribution in [0.5, 0.6) is 0 Å². The number of hydrogen-bond donors (Lipinski definition) is 1. The van der Waals surface area contributed by atoms with Crippen molar-refractivity contribution in [1.82, 2.24) is 0 Å². The van der Waals surface area contributed by atoms with Crippen molar-refractivity contribution in [2.75, 3.05) is 6.61 Å². The topological polar surface area (TPSA) is 57.2 Å². The second-order valence-corrected chi connectivity index (χ2v) is 9.07. The van der Waals surface area contributed by atoms with E-state index in [1.54, 1.807) is 0 Å². The highest BCUT2D eigenvalue weighted by molar-refractivity contribution is 7.99. The van der Waals surface area contributed by atoms with Gasteiger partial charge in [-0.2, -0.15) is 0 Å². The molecule has 0 aromatic heterocycles. The van der Waals surface area contributed by atoms with Crippen molar-refractivity contribution < 1.29 is 24.1 Å². The van der Waals surface area contributed by atoms with Crippen molar-refractivity contribution in [2.24, 2.45) is 0 Å². The van der Waals surface area contributed by atoms with Crippen molar-refractivity contribution in [2.45, 2.75) is 47.6 Å². The minimum atomic E-state index is -0.861. The van der Waals surface area contributed by atoms with Crippen LogP contribution in [0.1, 0.15) is 17.4 Å². The molecule has 0 radical (unpaired) electrons. The lowest BCUT2D eigenvalue weighted by Crippen LogP contribution is -2.61. The number of aliphatic hydroxyl groups excluding tert-OH is 1. The molecule has 6 heteroatoms. The lowest BCUT2D eigenvalue weighted by molar-refractivity contribution is -0.325. The van der Waals surface area contributed by atoms with E-state index in [1.807, 2.05) is 91.0 Å². The third kappa shape index (κ3) is 4.91. The van der Waals surface area contributed by atoms with Crippen LogP contribution in [0.15, 0.2) is 95.9 Å². The number of thioether (sulfide) groups is 1. The van der Waals surface area contributed by atoms with Crippen LogP contribution < -0.4 is 0 Å². The van der Waals surface area contributed by atoms with E-state index >= 15 is 0 Å². The van der Waals surface area contributed by atoms with Gasteiger partial charge in [0.1, 0.15) is 29.9 Å². The third-order valence-corrected chi connectivity index (χ3v) is 6.83. The third-order valence-electron chi connectivity index (χ3n) is 5.66. The summed E-state index contributed by atoms with van der Waals surface area (Å²) in [6.07, 6.45) is -2.71. The first-order chi connectivity index (χ1) is 15.8. The maximum atomic E-state index is 11.3. The highest BCUT2D eigenvalue weighted by Gasteiger charge is 2.50. The molecule has 2 fully saturated rings. The van der Waals surface area contributed by atoms with Crippen LogP contribution in [0.25, 0.3) is 0 Å². The Morgan fingerprint density at radius 1 is 0.844 bits per heavy atom. The first-order valence-corrected chi connectivity index (χ1v) is 11.7. The lowest BCUT2D eigenvalue weighted by atomic mass is 9.98. The molecule has 0 amide bonds. The predicted molar refractivity (Wildman–Crippen MR) is 122 cm³/mol. The largest absolute Gasteiger partial charge is 0.387 e. The molecule has 5 rings (SSSR count). The van der Waals surface area contributed by atoms with Gasteiger partial charge in [0.25, 0.3) is 0 Å². The summed E-state index contributed by atoms with van der Waals surface area (Å²) >= 11 is 1.49. The van der Waals surface area contributed by atoms with Crippen LogP contribution in [-0.4, -0.2) is 41.6 Å². The van der Waals surface area contributed by atoms with Crippen LogP contribution in [0.3, 0.4) is 0 Å². The number of rotatable bonds is 6. The Kier molecular flexibility index (Phi) is 6.88. The fourth-order valence-corrected chi connectivity index (χ4v) is 5.11. The van der Waals surface area contributed by atoms with Crippen LogP contribution in [0, 0.1) is 0 Å². The zero-order chi connectivity index (χ0) is 21.8. The van der Waals surface area contributed by atoms with Crippen LogP contribution in [-0.2, 0) is 25.6 Å². The van der Waals surface area contributed by atoms with Crippen molar-refractivity contribution in [1.29, 1.82) is 0 Å². The van der Waals surface area contributed by atoms with Gasteiger partial charge in [0, 0.05) is 10.5 Å². The van der Waals surface area contributed by atoms with Crippen LogP contribution >= 0.6 is 11.8 Å². The first-order valence-electron chi connectivity index (χ1n) is 10.8. The maximum absolute atomic E-state index is 11.3. The summed E-state index contributed by atoms with van der Waals surface area (Å²) < 4.78 is 24.8. The number of fused-ring (bicyclic) bond motifs is 1. The molecule has 32 heavy (non-hydrogen) atoms. The molecular weight excluding hydrogens is 424 g/mol. The SMILES string of the molecule is O[C@H]1[C@@H](OCc2ccccc2)[C@@H]2O[C@H](c3ccccc3)OC[C@H]2O[C@@H]1Sc1ccccc1. The number of benzene rings is 3. The lowest BCUT2D eigenvalue weighted by Gasteiger charge is -2.47. The van der Waals surface area contributed by atoms with Gasteiger partial charge in [-0.1, -0.05) is 90.6 Å². The number of aliphatic hydroxyl groups is 1. The average Bonchev–Trinajstić information content (AvgIpc) is 2.86. The van der Waals surface area contributed by atoms with Gasteiger partial charge in [0.2, 0.25) is 0 Å². The monoisotopic (exact) mass is 450 g/mol. The molecule has 6 atom stereocenters. The Bertz CT molecular complexity index is 971. The quantitative estimate of drug-likeness (QED) is 0.594. The van der Waals surface area contributed by atoms with Crippen LogP contribution in [0.2, 0.25) is 0 Å². The first kappa shape index (κ1) is 21.6. The van der Waals surface area contributed by atoms with Gasteiger partial charge in [0.05, 0.1) is 13.2 Å². The molecule has 2 heterocycles. The molecule has 0 aliphatic carbocycles. The Morgan fingerprint density at radius 3 is 2.22 bits per heavy atom. The second-order valence-electron chi connectivity index (χ2n) is 7.90. The molecule has 0 saturated carbocycles. The zero-order valence-corrected chi connectivity index (χ0v) is 18.3. The summed E-state index contributed by atoms with van der Waals surface area (Å²) in [4.78, 5) is 1.02. The molecule has 1 N–H and O–H groups in total. The molecule has 2 saturated heterocycles. The Labute approximate surface area is 192 Å². The molecule has 2 aliphatic rings. The summed E-state index contributed by atoms with van der Waals surface area (Å²) in [6.45, 7) is 0.753. The van der Waals surface area contributed by atoms with E-state index in [2.05, 4.69) is 0 Å².